The molecule has 1 N–H and O–H groups in total. The van der Waals surface area contributed by atoms with Crippen LogP contribution in [0, 0.1) is 0 Å². The van der Waals surface area contributed by atoms with Gasteiger partial charge < -0.3 is 14.6 Å². The van der Waals surface area contributed by atoms with Gasteiger partial charge in [0.15, 0.2) is 5.82 Å². The Balaban J connectivity index is 1.58. The Morgan fingerprint density at radius 2 is 2.11 bits per heavy atom. The summed E-state index contributed by atoms with van der Waals surface area (Å²) in [4.78, 5) is 4.51. The Morgan fingerprint density at radius 3 is 2.89 bits per heavy atom. The highest BCUT2D eigenvalue weighted by Crippen LogP contribution is 2.22. The van der Waals surface area contributed by atoms with Crippen molar-refractivity contribution in [3.05, 3.63) is 11.7 Å². The molecule has 0 bridgehead atoms. The van der Waals surface area contributed by atoms with E-state index in [-0.39, 0.29) is 12.1 Å². The molecule has 1 aromatic heterocycles. The van der Waals surface area contributed by atoms with Crippen LogP contribution in [-0.4, -0.2) is 29.4 Å². The van der Waals surface area contributed by atoms with Crippen LogP contribution in [0.15, 0.2) is 4.52 Å². The van der Waals surface area contributed by atoms with E-state index in [4.69, 9.17) is 9.26 Å². The van der Waals surface area contributed by atoms with Gasteiger partial charge >= 0.3 is 0 Å². The minimum atomic E-state index is 0.257. The van der Waals surface area contributed by atoms with Crippen molar-refractivity contribution < 1.29 is 9.26 Å². The highest BCUT2D eigenvalue weighted by molar-refractivity contribution is 4.95. The van der Waals surface area contributed by atoms with E-state index in [1.54, 1.807) is 0 Å². The van der Waals surface area contributed by atoms with Crippen LogP contribution in [0.5, 0.6) is 0 Å². The first-order chi connectivity index (χ1) is 8.92. The van der Waals surface area contributed by atoms with Crippen molar-refractivity contribution in [2.75, 3.05) is 13.2 Å². The first-order valence-corrected chi connectivity index (χ1v) is 7.09. The third-order valence-electron chi connectivity index (χ3n) is 3.78. The van der Waals surface area contributed by atoms with E-state index in [0.717, 1.165) is 44.1 Å². The van der Waals surface area contributed by atoms with Gasteiger partial charge in [0, 0.05) is 13.0 Å². The molecular formula is C13H21N3O2. The molecule has 100 valence electrons. The predicted octanol–water partition coefficient (Wildman–Crippen LogP) is 2.00. The molecule has 3 heterocycles. The fourth-order valence-corrected chi connectivity index (χ4v) is 2.73. The minimum absolute atomic E-state index is 0.257. The summed E-state index contributed by atoms with van der Waals surface area (Å²) in [5.74, 6) is 1.55. The van der Waals surface area contributed by atoms with Crippen LogP contribution in [0.4, 0.5) is 0 Å². The summed E-state index contributed by atoms with van der Waals surface area (Å²) in [6, 6.07) is 0.257. The second-order valence-electron chi connectivity index (χ2n) is 5.24. The summed E-state index contributed by atoms with van der Waals surface area (Å²) in [5.41, 5.74) is 0. The molecule has 3 rings (SSSR count). The van der Waals surface area contributed by atoms with Crippen LogP contribution >= 0.6 is 0 Å². The zero-order valence-corrected chi connectivity index (χ0v) is 10.7. The van der Waals surface area contributed by atoms with Crippen molar-refractivity contribution >= 4 is 0 Å². The Labute approximate surface area is 107 Å². The lowest BCUT2D eigenvalue weighted by molar-refractivity contribution is 0.0153. The third-order valence-corrected chi connectivity index (χ3v) is 3.78. The molecule has 0 amide bonds. The van der Waals surface area contributed by atoms with E-state index in [1.807, 2.05) is 0 Å². The molecule has 2 saturated heterocycles. The number of nitrogens with zero attached hydrogens (tertiary/aromatic N) is 2. The van der Waals surface area contributed by atoms with Crippen LogP contribution in [0.2, 0.25) is 0 Å². The van der Waals surface area contributed by atoms with E-state index >= 15 is 0 Å². The SMILES string of the molecule is C1CC[C@@H](c2nc(CC3CCCCO3)no2)NC1. The molecule has 2 fully saturated rings. The first-order valence-electron chi connectivity index (χ1n) is 7.09. The summed E-state index contributed by atoms with van der Waals surface area (Å²) in [6.07, 6.45) is 8.20. The second kappa shape index (κ2) is 5.80. The molecule has 0 radical (unpaired) electrons. The predicted molar refractivity (Wildman–Crippen MR) is 66.2 cm³/mol. The standard InChI is InChI=1S/C13H21N3O2/c1-3-7-14-11(6-1)13-15-12(16-18-13)9-10-5-2-4-8-17-10/h10-11,14H,1-9H2/t10?,11-/m0/s1. The summed E-state index contributed by atoms with van der Waals surface area (Å²) < 4.78 is 11.1. The van der Waals surface area contributed by atoms with Gasteiger partial charge in [0.05, 0.1) is 12.1 Å². The minimum Gasteiger partial charge on any atom is -0.378 e. The molecule has 2 aliphatic rings. The van der Waals surface area contributed by atoms with Crippen molar-refractivity contribution in [2.24, 2.45) is 0 Å². The van der Waals surface area contributed by atoms with Gasteiger partial charge in [0.25, 0.3) is 0 Å². The molecule has 2 aliphatic heterocycles. The number of rotatable bonds is 3. The molecular weight excluding hydrogens is 230 g/mol. The Bertz CT molecular complexity index is 368. The lowest BCUT2D eigenvalue weighted by atomic mass is 10.0. The number of hydrogen-bond acceptors (Lipinski definition) is 5. The molecule has 1 unspecified atom stereocenters. The molecule has 5 heteroatoms. The van der Waals surface area contributed by atoms with Gasteiger partial charge in [-0.3, -0.25) is 0 Å². The highest BCUT2D eigenvalue weighted by Gasteiger charge is 2.22. The van der Waals surface area contributed by atoms with Crippen molar-refractivity contribution in [1.82, 2.24) is 15.5 Å². The van der Waals surface area contributed by atoms with Gasteiger partial charge in [-0.2, -0.15) is 4.98 Å². The van der Waals surface area contributed by atoms with E-state index in [2.05, 4.69) is 15.5 Å². The van der Waals surface area contributed by atoms with Gasteiger partial charge in [0.2, 0.25) is 5.89 Å². The van der Waals surface area contributed by atoms with Gasteiger partial charge in [-0.15, -0.1) is 0 Å². The van der Waals surface area contributed by atoms with E-state index in [9.17, 15) is 0 Å². The highest BCUT2D eigenvalue weighted by atomic mass is 16.5. The lowest BCUT2D eigenvalue weighted by Crippen LogP contribution is -2.27. The summed E-state index contributed by atoms with van der Waals surface area (Å²) >= 11 is 0. The molecule has 0 saturated carbocycles. The van der Waals surface area contributed by atoms with Gasteiger partial charge in [-0.25, -0.2) is 0 Å². The van der Waals surface area contributed by atoms with Crippen LogP contribution in [0.1, 0.15) is 56.3 Å². The number of piperidine rings is 1. The molecule has 5 nitrogen and oxygen atoms in total. The van der Waals surface area contributed by atoms with Crippen molar-refractivity contribution in [3.63, 3.8) is 0 Å². The molecule has 0 aliphatic carbocycles. The van der Waals surface area contributed by atoms with E-state index in [0.29, 0.717) is 0 Å². The molecule has 2 atom stereocenters. The fraction of sp³-hybridized carbons (Fsp3) is 0.846. The zero-order chi connectivity index (χ0) is 12.2. The van der Waals surface area contributed by atoms with Crippen LogP contribution < -0.4 is 5.32 Å². The quantitative estimate of drug-likeness (QED) is 0.890. The largest absolute Gasteiger partial charge is 0.378 e. The Kier molecular flexibility index (Phi) is 3.90. The van der Waals surface area contributed by atoms with E-state index < -0.39 is 0 Å². The number of nitrogens with one attached hydrogen (secondary N) is 1. The van der Waals surface area contributed by atoms with Gasteiger partial charge in [-0.05, 0) is 38.6 Å². The topological polar surface area (TPSA) is 60.2 Å². The monoisotopic (exact) mass is 251 g/mol. The van der Waals surface area contributed by atoms with Crippen molar-refractivity contribution in [2.45, 2.75) is 57.1 Å². The molecule has 1 aromatic rings. The molecule has 18 heavy (non-hydrogen) atoms. The lowest BCUT2D eigenvalue weighted by Gasteiger charge is -2.21. The number of hydrogen-bond donors (Lipinski definition) is 1. The summed E-state index contributed by atoms with van der Waals surface area (Å²) in [6.45, 7) is 1.92. The molecule has 0 spiro atoms. The maximum Gasteiger partial charge on any atom is 0.243 e. The maximum atomic E-state index is 5.70. The summed E-state index contributed by atoms with van der Waals surface area (Å²) in [5, 5.41) is 7.50. The van der Waals surface area contributed by atoms with E-state index in [1.165, 1.54) is 25.7 Å². The van der Waals surface area contributed by atoms with Gasteiger partial charge in [0.1, 0.15) is 0 Å². The van der Waals surface area contributed by atoms with Crippen LogP contribution in [0.25, 0.3) is 0 Å². The van der Waals surface area contributed by atoms with Gasteiger partial charge in [-0.1, -0.05) is 11.6 Å². The number of aromatic nitrogens is 2. The second-order valence-corrected chi connectivity index (χ2v) is 5.24. The first kappa shape index (κ1) is 12.1. The van der Waals surface area contributed by atoms with Crippen LogP contribution in [0.3, 0.4) is 0 Å². The number of ether oxygens (including phenoxy) is 1. The molecule has 0 aromatic carbocycles. The maximum absolute atomic E-state index is 5.70. The Hall–Kier alpha value is -0.940. The van der Waals surface area contributed by atoms with Crippen molar-refractivity contribution in [1.29, 1.82) is 0 Å². The fourth-order valence-electron chi connectivity index (χ4n) is 2.73. The van der Waals surface area contributed by atoms with Crippen LogP contribution in [-0.2, 0) is 11.2 Å². The average molecular weight is 251 g/mol. The third kappa shape index (κ3) is 2.90. The normalized spacial score (nSPS) is 29.3. The summed E-state index contributed by atoms with van der Waals surface area (Å²) in [7, 11) is 0. The Morgan fingerprint density at radius 1 is 1.17 bits per heavy atom. The smallest absolute Gasteiger partial charge is 0.243 e. The zero-order valence-electron chi connectivity index (χ0n) is 10.7. The van der Waals surface area contributed by atoms with Crippen molar-refractivity contribution in [3.8, 4) is 0 Å². The average Bonchev–Trinajstić information content (AvgIpc) is 2.89.